The van der Waals surface area contributed by atoms with Crippen LogP contribution in [0, 0.1) is 0 Å². The molecule has 19 heavy (non-hydrogen) atoms. The molecule has 0 atom stereocenters. The van der Waals surface area contributed by atoms with Crippen molar-refractivity contribution in [1.29, 1.82) is 0 Å². The van der Waals surface area contributed by atoms with Crippen LogP contribution in [0.15, 0.2) is 36.4 Å². The molecule has 1 aromatic carbocycles. The maximum atomic E-state index is 11.3. The van der Waals surface area contributed by atoms with Crippen LogP contribution in [-0.2, 0) is 18.0 Å². The molecule has 1 amide bonds. The Balaban J connectivity index is 1.88. The van der Waals surface area contributed by atoms with E-state index in [9.17, 15) is 4.79 Å². The lowest BCUT2D eigenvalue weighted by Gasteiger charge is -2.04. The van der Waals surface area contributed by atoms with Gasteiger partial charge >= 0.3 is 0 Å². The second kappa shape index (κ2) is 6.68. The fourth-order valence-corrected chi connectivity index (χ4v) is 2.56. The fourth-order valence-electron chi connectivity index (χ4n) is 1.53. The minimum atomic E-state index is -0.289. The highest BCUT2D eigenvalue weighted by Crippen LogP contribution is 2.19. The zero-order chi connectivity index (χ0) is 13.7. The molecule has 0 spiro atoms. The van der Waals surface area contributed by atoms with E-state index < -0.39 is 0 Å². The number of hydrogen-bond donors (Lipinski definition) is 2. The average Bonchev–Trinajstić information content (AvgIpc) is 2.89. The van der Waals surface area contributed by atoms with Crippen molar-refractivity contribution in [3.63, 3.8) is 0 Å². The van der Waals surface area contributed by atoms with Crippen molar-refractivity contribution in [2.24, 2.45) is 5.84 Å². The summed E-state index contributed by atoms with van der Waals surface area (Å²) in [7, 11) is 0. The molecule has 2 aromatic rings. The van der Waals surface area contributed by atoms with Crippen molar-refractivity contribution in [2.75, 3.05) is 0 Å². The molecule has 0 radical (unpaired) electrons. The van der Waals surface area contributed by atoms with E-state index >= 15 is 0 Å². The third-order valence-electron chi connectivity index (χ3n) is 2.48. The molecule has 0 aliphatic carbocycles. The van der Waals surface area contributed by atoms with Gasteiger partial charge in [0.05, 0.1) is 18.1 Å². The lowest BCUT2D eigenvalue weighted by atomic mass is 10.2. The number of hydrazine groups is 1. The third-order valence-corrected chi connectivity index (χ3v) is 3.90. The number of carbonyl (C=O) groups is 1. The normalized spacial score (nSPS) is 10.4. The number of ether oxygens (including phenoxy) is 1. The lowest BCUT2D eigenvalue weighted by molar-refractivity contribution is 0.0957. The van der Waals surface area contributed by atoms with E-state index in [0.29, 0.717) is 23.1 Å². The molecule has 100 valence electrons. The number of thiophene rings is 1. The van der Waals surface area contributed by atoms with E-state index in [2.05, 4.69) is 5.43 Å². The van der Waals surface area contributed by atoms with E-state index in [-0.39, 0.29) is 5.91 Å². The van der Waals surface area contributed by atoms with E-state index in [1.807, 2.05) is 30.3 Å². The zero-order valence-corrected chi connectivity index (χ0v) is 11.6. The molecular weight excluding hydrogens is 284 g/mol. The number of hydrogen-bond acceptors (Lipinski definition) is 4. The molecule has 0 fully saturated rings. The molecule has 0 saturated heterocycles. The molecule has 1 aromatic heterocycles. The van der Waals surface area contributed by atoms with E-state index in [1.54, 1.807) is 6.07 Å². The van der Waals surface area contributed by atoms with Gasteiger partial charge in [-0.05, 0) is 23.8 Å². The highest BCUT2D eigenvalue weighted by Gasteiger charge is 2.07. The van der Waals surface area contributed by atoms with Crippen LogP contribution < -0.4 is 11.3 Å². The van der Waals surface area contributed by atoms with Crippen LogP contribution in [-0.4, -0.2) is 5.91 Å². The smallest absolute Gasteiger partial charge is 0.275 e. The molecule has 4 nitrogen and oxygen atoms in total. The Morgan fingerprint density at radius 1 is 1.26 bits per heavy atom. The van der Waals surface area contributed by atoms with Crippen LogP contribution in [0.1, 0.15) is 20.1 Å². The standard InChI is InChI=1S/C13H13ClN2O2S/c14-11-4-2-1-3-9(11)7-18-8-10-5-6-12(19-10)13(17)16-15/h1-6H,7-8,15H2,(H,16,17). The first-order chi connectivity index (χ1) is 9.20. The maximum absolute atomic E-state index is 11.3. The van der Waals surface area contributed by atoms with Crippen LogP contribution >= 0.6 is 22.9 Å². The molecule has 0 saturated carbocycles. The van der Waals surface area contributed by atoms with Gasteiger partial charge in [-0.25, -0.2) is 5.84 Å². The molecule has 0 unspecified atom stereocenters. The lowest BCUT2D eigenvalue weighted by Crippen LogP contribution is -2.29. The summed E-state index contributed by atoms with van der Waals surface area (Å²) >= 11 is 7.38. The Bertz CT molecular complexity index is 571. The number of nitrogens with two attached hydrogens (primary N) is 1. The number of halogens is 1. The van der Waals surface area contributed by atoms with Crippen molar-refractivity contribution in [1.82, 2.24) is 5.43 Å². The highest BCUT2D eigenvalue weighted by molar-refractivity contribution is 7.14. The maximum Gasteiger partial charge on any atom is 0.275 e. The largest absolute Gasteiger partial charge is 0.371 e. The monoisotopic (exact) mass is 296 g/mol. The summed E-state index contributed by atoms with van der Waals surface area (Å²) in [5.41, 5.74) is 3.04. The van der Waals surface area contributed by atoms with Gasteiger partial charge in [0, 0.05) is 9.90 Å². The van der Waals surface area contributed by atoms with Gasteiger partial charge in [0.15, 0.2) is 0 Å². The van der Waals surface area contributed by atoms with Gasteiger partial charge in [0.1, 0.15) is 0 Å². The van der Waals surface area contributed by atoms with Gasteiger partial charge in [-0.3, -0.25) is 10.2 Å². The summed E-state index contributed by atoms with van der Waals surface area (Å²) in [6.45, 7) is 0.879. The minimum absolute atomic E-state index is 0.289. The van der Waals surface area contributed by atoms with Crippen LogP contribution in [0.3, 0.4) is 0 Å². The summed E-state index contributed by atoms with van der Waals surface area (Å²) in [6.07, 6.45) is 0. The highest BCUT2D eigenvalue weighted by atomic mass is 35.5. The van der Waals surface area contributed by atoms with Gasteiger partial charge in [0.25, 0.3) is 5.91 Å². The van der Waals surface area contributed by atoms with Crippen molar-refractivity contribution in [3.8, 4) is 0 Å². The number of nitrogen functional groups attached to an aromatic ring is 1. The van der Waals surface area contributed by atoms with E-state index in [1.165, 1.54) is 11.3 Å². The van der Waals surface area contributed by atoms with Crippen LogP contribution in [0.25, 0.3) is 0 Å². The zero-order valence-electron chi connectivity index (χ0n) is 10.1. The molecule has 1 heterocycles. The second-order valence-corrected chi connectivity index (χ2v) is 5.40. The predicted molar refractivity (Wildman–Crippen MR) is 75.9 cm³/mol. The molecule has 2 rings (SSSR count). The molecule has 0 bridgehead atoms. The summed E-state index contributed by atoms with van der Waals surface area (Å²) in [4.78, 5) is 12.8. The van der Waals surface area contributed by atoms with Crippen molar-refractivity contribution < 1.29 is 9.53 Å². The Morgan fingerprint density at radius 3 is 2.79 bits per heavy atom. The number of benzene rings is 1. The number of carbonyl (C=O) groups excluding carboxylic acids is 1. The SMILES string of the molecule is NNC(=O)c1ccc(COCc2ccccc2Cl)s1. The topological polar surface area (TPSA) is 64.3 Å². The first-order valence-electron chi connectivity index (χ1n) is 5.61. The van der Waals surface area contributed by atoms with Crippen LogP contribution in [0.2, 0.25) is 5.02 Å². The molecule has 3 N–H and O–H groups in total. The van der Waals surface area contributed by atoms with Gasteiger partial charge < -0.3 is 4.74 Å². The van der Waals surface area contributed by atoms with Crippen molar-refractivity contribution >= 4 is 28.8 Å². The third kappa shape index (κ3) is 3.78. The summed E-state index contributed by atoms with van der Waals surface area (Å²) in [6, 6.07) is 11.1. The van der Waals surface area contributed by atoms with Crippen LogP contribution in [0.4, 0.5) is 0 Å². The number of nitrogens with one attached hydrogen (secondary N) is 1. The molecular formula is C13H13ClN2O2S. The summed E-state index contributed by atoms with van der Waals surface area (Å²) in [5, 5.41) is 0.692. The first-order valence-corrected chi connectivity index (χ1v) is 6.81. The van der Waals surface area contributed by atoms with Gasteiger partial charge in [0.2, 0.25) is 0 Å². The van der Waals surface area contributed by atoms with E-state index in [4.69, 9.17) is 22.2 Å². The van der Waals surface area contributed by atoms with Crippen molar-refractivity contribution in [2.45, 2.75) is 13.2 Å². The molecule has 6 heteroatoms. The average molecular weight is 297 g/mol. The molecule has 0 aliphatic heterocycles. The summed E-state index contributed by atoms with van der Waals surface area (Å²) < 4.78 is 5.58. The Morgan fingerprint density at radius 2 is 2.05 bits per heavy atom. The van der Waals surface area contributed by atoms with Gasteiger partial charge in [-0.2, -0.15) is 0 Å². The van der Waals surface area contributed by atoms with E-state index in [0.717, 1.165) is 10.4 Å². The number of amides is 1. The quantitative estimate of drug-likeness (QED) is 0.506. The fraction of sp³-hybridized carbons (Fsp3) is 0.154. The predicted octanol–water partition coefficient (Wildman–Crippen LogP) is 2.72. The van der Waals surface area contributed by atoms with Gasteiger partial charge in [-0.1, -0.05) is 29.8 Å². The van der Waals surface area contributed by atoms with Crippen LogP contribution in [0.5, 0.6) is 0 Å². The van der Waals surface area contributed by atoms with Gasteiger partial charge in [-0.15, -0.1) is 11.3 Å². The minimum Gasteiger partial charge on any atom is -0.371 e. The molecule has 0 aliphatic rings. The number of rotatable bonds is 5. The Hall–Kier alpha value is -1.40. The van der Waals surface area contributed by atoms with Crippen molar-refractivity contribution in [3.05, 3.63) is 56.7 Å². The second-order valence-electron chi connectivity index (χ2n) is 3.82. The Labute approximate surface area is 120 Å². The summed E-state index contributed by atoms with van der Waals surface area (Å²) in [5.74, 6) is 4.78. The first kappa shape index (κ1) is 14.0. The Kier molecular flexibility index (Phi) is 4.93.